The second-order valence-corrected chi connectivity index (χ2v) is 6.32. The van der Waals surface area contributed by atoms with E-state index in [0.29, 0.717) is 48.5 Å². The van der Waals surface area contributed by atoms with Crippen molar-refractivity contribution < 1.29 is 18.7 Å². The first-order valence-corrected chi connectivity index (χ1v) is 8.75. The Balaban J connectivity index is 1.29. The summed E-state index contributed by atoms with van der Waals surface area (Å²) >= 11 is 0. The number of rotatable bonds is 6. The van der Waals surface area contributed by atoms with Crippen LogP contribution in [0.3, 0.4) is 0 Å². The van der Waals surface area contributed by atoms with Gasteiger partial charge in [-0.15, -0.1) is 0 Å². The predicted molar refractivity (Wildman–Crippen MR) is 99.0 cm³/mol. The molecule has 0 radical (unpaired) electrons. The molecule has 0 saturated carbocycles. The van der Waals surface area contributed by atoms with Crippen molar-refractivity contribution in [2.75, 3.05) is 13.2 Å². The highest BCUT2D eigenvalue weighted by atomic mass is 16.5. The highest BCUT2D eigenvalue weighted by Gasteiger charge is 2.34. The Labute approximate surface area is 155 Å². The summed E-state index contributed by atoms with van der Waals surface area (Å²) in [7, 11) is 0. The van der Waals surface area contributed by atoms with Crippen molar-refractivity contribution in [1.29, 1.82) is 0 Å². The summed E-state index contributed by atoms with van der Waals surface area (Å²) in [5.41, 5.74) is 1.01. The topological polar surface area (TPSA) is 76.8 Å². The van der Waals surface area contributed by atoms with Gasteiger partial charge in [0.1, 0.15) is 11.3 Å². The molecular weight excluding hydrogens is 346 g/mol. The van der Waals surface area contributed by atoms with Crippen LogP contribution in [-0.2, 0) is 0 Å². The molecule has 0 bridgehead atoms. The zero-order valence-corrected chi connectivity index (χ0v) is 14.5. The summed E-state index contributed by atoms with van der Waals surface area (Å²) in [4.78, 5) is 37.1. The van der Waals surface area contributed by atoms with E-state index in [1.165, 1.54) is 11.0 Å². The van der Waals surface area contributed by atoms with Gasteiger partial charge in [0, 0.05) is 24.1 Å². The molecule has 0 aliphatic carbocycles. The SMILES string of the molecule is O=C1c2ccccc2C(=O)N1CCCCOc1ccc2ccc(=O)oc2c1. The second-order valence-electron chi connectivity index (χ2n) is 6.32. The van der Waals surface area contributed by atoms with Crippen LogP contribution in [0.2, 0.25) is 0 Å². The fourth-order valence-corrected chi connectivity index (χ4v) is 3.13. The zero-order valence-electron chi connectivity index (χ0n) is 14.5. The van der Waals surface area contributed by atoms with Crippen molar-refractivity contribution in [1.82, 2.24) is 4.90 Å². The van der Waals surface area contributed by atoms with Crippen molar-refractivity contribution in [2.24, 2.45) is 0 Å². The molecule has 1 aliphatic heterocycles. The maximum absolute atomic E-state index is 12.3. The van der Waals surface area contributed by atoms with E-state index < -0.39 is 5.63 Å². The Morgan fingerprint density at radius 1 is 0.852 bits per heavy atom. The highest BCUT2D eigenvalue weighted by Crippen LogP contribution is 2.23. The molecule has 2 amide bonds. The molecule has 1 aromatic heterocycles. The minimum Gasteiger partial charge on any atom is -0.493 e. The monoisotopic (exact) mass is 363 g/mol. The first kappa shape index (κ1) is 17.0. The minimum absolute atomic E-state index is 0.235. The summed E-state index contributed by atoms with van der Waals surface area (Å²) < 4.78 is 10.8. The van der Waals surface area contributed by atoms with Gasteiger partial charge in [-0.3, -0.25) is 14.5 Å². The number of imide groups is 1. The lowest BCUT2D eigenvalue weighted by Crippen LogP contribution is -2.30. The standard InChI is InChI=1S/C21H17NO5/c23-19-10-8-14-7-9-15(13-18(14)27-19)26-12-4-3-11-22-20(24)16-5-1-2-6-17(16)21(22)25/h1-2,5-10,13H,3-4,11-12H2. The first-order chi connectivity index (χ1) is 13.1. The van der Waals surface area contributed by atoms with Crippen molar-refractivity contribution >= 4 is 22.8 Å². The zero-order chi connectivity index (χ0) is 18.8. The van der Waals surface area contributed by atoms with Crippen LogP contribution in [0.25, 0.3) is 11.0 Å². The van der Waals surface area contributed by atoms with Crippen LogP contribution < -0.4 is 10.4 Å². The molecule has 0 atom stereocenters. The highest BCUT2D eigenvalue weighted by molar-refractivity contribution is 6.21. The molecule has 2 aromatic carbocycles. The third kappa shape index (κ3) is 3.33. The van der Waals surface area contributed by atoms with E-state index in [2.05, 4.69) is 0 Å². The van der Waals surface area contributed by atoms with E-state index in [4.69, 9.17) is 9.15 Å². The van der Waals surface area contributed by atoms with Crippen LogP contribution in [0, 0.1) is 0 Å². The lowest BCUT2D eigenvalue weighted by atomic mass is 10.1. The maximum Gasteiger partial charge on any atom is 0.336 e. The predicted octanol–water partition coefficient (Wildman–Crippen LogP) is 3.25. The van der Waals surface area contributed by atoms with Gasteiger partial charge in [0.2, 0.25) is 0 Å². The van der Waals surface area contributed by atoms with Crippen LogP contribution in [0.5, 0.6) is 5.75 Å². The number of hydrogen-bond acceptors (Lipinski definition) is 5. The normalized spacial score (nSPS) is 13.3. The van der Waals surface area contributed by atoms with Crippen molar-refractivity contribution in [3.63, 3.8) is 0 Å². The van der Waals surface area contributed by atoms with Crippen molar-refractivity contribution in [2.45, 2.75) is 12.8 Å². The number of unbranched alkanes of at least 4 members (excludes halogenated alkanes) is 1. The number of carbonyl (C=O) groups is 2. The van der Waals surface area contributed by atoms with Crippen molar-refractivity contribution in [3.8, 4) is 5.75 Å². The molecule has 6 nitrogen and oxygen atoms in total. The number of benzene rings is 2. The molecule has 0 N–H and O–H groups in total. The van der Waals surface area contributed by atoms with Crippen LogP contribution in [-0.4, -0.2) is 29.9 Å². The van der Waals surface area contributed by atoms with E-state index in [0.717, 1.165) is 5.39 Å². The molecule has 27 heavy (non-hydrogen) atoms. The van der Waals surface area contributed by atoms with Gasteiger partial charge in [0.05, 0.1) is 17.7 Å². The lowest BCUT2D eigenvalue weighted by Gasteiger charge is -2.13. The Bertz CT molecular complexity index is 1050. The summed E-state index contributed by atoms with van der Waals surface area (Å²) in [5, 5.41) is 0.826. The smallest absolute Gasteiger partial charge is 0.336 e. The Kier molecular flexibility index (Phi) is 4.46. The summed E-state index contributed by atoms with van der Waals surface area (Å²) in [6.07, 6.45) is 1.33. The molecule has 0 fully saturated rings. The molecule has 0 spiro atoms. The minimum atomic E-state index is -0.402. The molecule has 0 unspecified atom stereocenters. The van der Waals surface area contributed by atoms with Gasteiger partial charge in [-0.05, 0) is 43.2 Å². The molecule has 2 heterocycles. The maximum atomic E-state index is 12.3. The number of ether oxygens (including phenoxy) is 1. The third-order valence-electron chi connectivity index (χ3n) is 4.52. The Hall–Kier alpha value is -3.41. The van der Waals surface area contributed by atoms with E-state index in [-0.39, 0.29) is 11.8 Å². The summed E-state index contributed by atoms with van der Waals surface area (Å²) in [5.74, 6) is 0.139. The average molecular weight is 363 g/mol. The summed E-state index contributed by atoms with van der Waals surface area (Å²) in [6, 6.07) is 15.3. The van der Waals surface area contributed by atoms with Crippen LogP contribution in [0.1, 0.15) is 33.6 Å². The van der Waals surface area contributed by atoms with Crippen LogP contribution in [0.4, 0.5) is 0 Å². The van der Waals surface area contributed by atoms with Gasteiger partial charge in [-0.2, -0.15) is 0 Å². The number of amides is 2. The molecule has 3 aromatic rings. The van der Waals surface area contributed by atoms with Gasteiger partial charge in [0.25, 0.3) is 11.8 Å². The fourth-order valence-electron chi connectivity index (χ4n) is 3.13. The van der Waals surface area contributed by atoms with Gasteiger partial charge < -0.3 is 9.15 Å². The number of fused-ring (bicyclic) bond motifs is 2. The first-order valence-electron chi connectivity index (χ1n) is 8.75. The van der Waals surface area contributed by atoms with Gasteiger partial charge in [-0.1, -0.05) is 12.1 Å². The molecule has 6 heteroatoms. The number of hydrogen-bond donors (Lipinski definition) is 0. The van der Waals surface area contributed by atoms with Gasteiger partial charge >= 0.3 is 5.63 Å². The summed E-state index contributed by atoms with van der Waals surface area (Å²) in [6.45, 7) is 0.800. The van der Waals surface area contributed by atoms with E-state index in [1.807, 2.05) is 12.1 Å². The van der Waals surface area contributed by atoms with E-state index >= 15 is 0 Å². The Morgan fingerprint density at radius 2 is 1.56 bits per heavy atom. The molecular formula is C21H17NO5. The lowest BCUT2D eigenvalue weighted by molar-refractivity contribution is 0.0649. The van der Waals surface area contributed by atoms with Crippen LogP contribution in [0.15, 0.2) is 63.8 Å². The largest absolute Gasteiger partial charge is 0.493 e. The van der Waals surface area contributed by atoms with E-state index in [1.54, 1.807) is 36.4 Å². The number of carbonyl (C=O) groups excluding carboxylic acids is 2. The molecule has 4 rings (SSSR count). The van der Waals surface area contributed by atoms with E-state index in [9.17, 15) is 14.4 Å². The molecule has 0 saturated heterocycles. The average Bonchev–Trinajstić information content (AvgIpc) is 2.92. The third-order valence-corrected chi connectivity index (χ3v) is 4.52. The quantitative estimate of drug-likeness (QED) is 0.382. The Morgan fingerprint density at radius 3 is 2.30 bits per heavy atom. The van der Waals surface area contributed by atoms with Crippen LogP contribution >= 0.6 is 0 Å². The molecule has 136 valence electrons. The number of nitrogens with zero attached hydrogens (tertiary/aromatic N) is 1. The second kappa shape index (κ2) is 7.07. The fraction of sp³-hybridized carbons (Fsp3) is 0.190. The molecule has 1 aliphatic rings. The van der Waals surface area contributed by atoms with Gasteiger partial charge in [0.15, 0.2) is 0 Å². The van der Waals surface area contributed by atoms with Crippen molar-refractivity contribution in [3.05, 3.63) is 76.1 Å². The van der Waals surface area contributed by atoms with Gasteiger partial charge in [-0.25, -0.2) is 4.79 Å².